The largest absolute Gasteiger partial charge is 0.497 e. The lowest BCUT2D eigenvalue weighted by molar-refractivity contribution is -0.131. The van der Waals surface area contributed by atoms with Crippen LogP contribution in [-0.2, 0) is 9.53 Å². The number of benzene rings is 1. The molecule has 0 atom stereocenters. The van der Waals surface area contributed by atoms with E-state index in [0.717, 1.165) is 17.4 Å². The highest BCUT2D eigenvalue weighted by molar-refractivity contribution is 5.83. The molecule has 0 aliphatic rings. The number of hydrogen-bond donors (Lipinski definition) is 1. The van der Waals surface area contributed by atoms with Gasteiger partial charge >= 0.3 is 5.97 Å². The van der Waals surface area contributed by atoms with E-state index in [2.05, 4.69) is 12.0 Å². The summed E-state index contributed by atoms with van der Waals surface area (Å²) in [5, 5.41) is 8.55. The highest BCUT2D eigenvalue weighted by Gasteiger charge is 1.98. The Hall–Kier alpha value is -2.67. The molecule has 0 spiro atoms. The summed E-state index contributed by atoms with van der Waals surface area (Å²) in [5.74, 6) is 2.53. The Kier molecular flexibility index (Phi) is 5.77. The quantitative estimate of drug-likeness (QED) is 0.511. The molecule has 0 amide bonds. The maximum absolute atomic E-state index is 10.4. The van der Waals surface area contributed by atoms with Crippen molar-refractivity contribution in [1.29, 1.82) is 0 Å². The van der Waals surface area contributed by atoms with Gasteiger partial charge in [-0.2, -0.15) is 0 Å². The second kappa shape index (κ2) is 7.62. The molecule has 4 nitrogen and oxygen atoms in total. The topological polar surface area (TPSA) is 55.8 Å². The average molecular weight is 258 g/mol. The van der Waals surface area contributed by atoms with Crippen molar-refractivity contribution in [2.45, 2.75) is 0 Å². The van der Waals surface area contributed by atoms with Crippen LogP contribution in [0.1, 0.15) is 5.56 Å². The first kappa shape index (κ1) is 14.4. The van der Waals surface area contributed by atoms with Crippen LogP contribution in [0.25, 0.3) is 5.57 Å². The van der Waals surface area contributed by atoms with Crippen LogP contribution in [0.4, 0.5) is 0 Å². The van der Waals surface area contributed by atoms with Crippen molar-refractivity contribution in [1.82, 2.24) is 0 Å². The maximum Gasteiger partial charge on any atom is 0.328 e. The van der Waals surface area contributed by atoms with Crippen molar-refractivity contribution in [2.75, 3.05) is 14.2 Å². The lowest BCUT2D eigenvalue weighted by atomic mass is 10.1. The fraction of sp³-hybridized carbons (Fsp3) is 0.133. The van der Waals surface area contributed by atoms with E-state index in [4.69, 9.17) is 14.6 Å². The number of methoxy groups -OCH3 is 2. The normalized spacial score (nSPS) is 10.7. The third-order valence-electron chi connectivity index (χ3n) is 2.19. The molecule has 19 heavy (non-hydrogen) atoms. The van der Waals surface area contributed by atoms with Gasteiger partial charge in [0.25, 0.3) is 0 Å². The summed E-state index contributed by atoms with van der Waals surface area (Å²) >= 11 is 0. The molecule has 0 saturated carbocycles. The number of hydrogen-bond acceptors (Lipinski definition) is 3. The van der Waals surface area contributed by atoms with Gasteiger partial charge in [-0.25, -0.2) is 4.79 Å². The fourth-order valence-corrected chi connectivity index (χ4v) is 1.31. The van der Waals surface area contributed by atoms with E-state index >= 15 is 0 Å². The fourth-order valence-electron chi connectivity index (χ4n) is 1.31. The maximum atomic E-state index is 10.4. The van der Waals surface area contributed by atoms with Gasteiger partial charge < -0.3 is 14.6 Å². The number of allylic oxidation sites excluding steroid dienone is 3. The standard InChI is InChI=1S/C15H14O4/c1-18-11-10-12(4-3-5-15(16)17)13-6-8-14(19-2)9-7-13/h3-9H,1-2H3,(H,16,17)/b5-3-,12-4+. The van der Waals surface area contributed by atoms with E-state index in [-0.39, 0.29) is 0 Å². The van der Waals surface area contributed by atoms with Crippen LogP contribution in [0.2, 0.25) is 0 Å². The number of ether oxygens (including phenoxy) is 2. The number of aliphatic carboxylic acids is 1. The first-order valence-electron chi connectivity index (χ1n) is 5.47. The molecule has 0 saturated heterocycles. The van der Waals surface area contributed by atoms with Crippen molar-refractivity contribution in [3.8, 4) is 17.8 Å². The Bertz CT molecular complexity index is 542. The molecule has 4 heteroatoms. The van der Waals surface area contributed by atoms with Gasteiger partial charge in [0.1, 0.15) is 11.9 Å². The summed E-state index contributed by atoms with van der Waals surface area (Å²) in [7, 11) is 3.05. The van der Waals surface area contributed by atoms with Crippen LogP contribution in [0.3, 0.4) is 0 Å². The summed E-state index contributed by atoms with van der Waals surface area (Å²) in [5.41, 5.74) is 1.50. The molecule has 98 valence electrons. The zero-order valence-corrected chi connectivity index (χ0v) is 10.7. The smallest absolute Gasteiger partial charge is 0.328 e. The Morgan fingerprint density at radius 2 is 1.95 bits per heavy atom. The van der Waals surface area contributed by atoms with Gasteiger partial charge in [0.2, 0.25) is 0 Å². The van der Waals surface area contributed by atoms with Crippen LogP contribution in [-0.4, -0.2) is 25.3 Å². The molecule has 0 aromatic heterocycles. The summed E-state index contributed by atoms with van der Waals surface area (Å²) in [6.07, 6.45) is 6.56. The summed E-state index contributed by atoms with van der Waals surface area (Å²) in [4.78, 5) is 10.4. The molecular weight excluding hydrogens is 244 g/mol. The van der Waals surface area contributed by atoms with Crippen molar-refractivity contribution < 1.29 is 19.4 Å². The van der Waals surface area contributed by atoms with E-state index in [0.29, 0.717) is 5.57 Å². The first-order chi connectivity index (χ1) is 9.17. The molecule has 0 heterocycles. The lowest BCUT2D eigenvalue weighted by Gasteiger charge is -2.02. The van der Waals surface area contributed by atoms with E-state index in [9.17, 15) is 4.79 Å². The summed E-state index contributed by atoms with van der Waals surface area (Å²) in [6.45, 7) is 0. The van der Waals surface area contributed by atoms with E-state index in [1.165, 1.54) is 13.2 Å². The third-order valence-corrected chi connectivity index (χ3v) is 2.19. The second-order valence-electron chi connectivity index (χ2n) is 3.44. The predicted octanol–water partition coefficient (Wildman–Crippen LogP) is 2.33. The van der Waals surface area contributed by atoms with Crippen LogP contribution in [0.5, 0.6) is 5.75 Å². The lowest BCUT2D eigenvalue weighted by Crippen LogP contribution is -1.87. The van der Waals surface area contributed by atoms with E-state index < -0.39 is 5.97 Å². The third kappa shape index (κ3) is 5.00. The zero-order valence-electron chi connectivity index (χ0n) is 10.7. The number of carbonyl (C=O) groups is 1. The van der Waals surface area contributed by atoms with E-state index in [1.807, 2.05) is 12.1 Å². The molecule has 0 unspecified atom stereocenters. The highest BCUT2D eigenvalue weighted by Crippen LogP contribution is 2.18. The minimum Gasteiger partial charge on any atom is -0.497 e. The number of carboxylic acid groups (broad SMARTS) is 1. The minimum absolute atomic E-state index is 0.655. The summed E-state index contributed by atoms with van der Waals surface area (Å²) in [6, 6.07) is 7.28. The highest BCUT2D eigenvalue weighted by atomic mass is 16.5. The van der Waals surface area contributed by atoms with Crippen molar-refractivity contribution >= 4 is 11.5 Å². The Morgan fingerprint density at radius 3 is 2.47 bits per heavy atom. The SMILES string of the molecule is COC#C/C(=C\C=C/C(=O)O)c1ccc(OC)cc1. The predicted molar refractivity (Wildman–Crippen MR) is 72.5 cm³/mol. The molecular formula is C15H14O4. The van der Waals surface area contributed by atoms with Gasteiger partial charge in [-0.3, -0.25) is 0 Å². The summed E-state index contributed by atoms with van der Waals surface area (Å²) < 4.78 is 9.77. The van der Waals surface area contributed by atoms with Crippen molar-refractivity contribution in [3.63, 3.8) is 0 Å². The van der Waals surface area contributed by atoms with Crippen LogP contribution in [0, 0.1) is 12.0 Å². The van der Waals surface area contributed by atoms with Crippen LogP contribution >= 0.6 is 0 Å². The van der Waals surface area contributed by atoms with Gasteiger partial charge in [-0.1, -0.05) is 18.2 Å². The monoisotopic (exact) mass is 258 g/mol. The number of rotatable bonds is 4. The van der Waals surface area contributed by atoms with Crippen molar-refractivity contribution in [2.24, 2.45) is 0 Å². The average Bonchev–Trinajstić information content (AvgIpc) is 2.42. The molecule has 1 aromatic carbocycles. The molecule has 1 N–H and O–H groups in total. The van der Waals surface area contributed by atoms with Gasteiger partial charge in [0.15, 0.2) is 0 Å². The zero-order chi connectivity index (χ0) is 14.1. The van der Waals surface area contributed by atoms with Crippen LogP contribution in [0.15, 0.2) is 42.5 Å². The Labute approximate surface area is 112 Å². The van der Waals surface area contributed by atoms with E-state index in [1.54, 1.807) is 25.3 Å². The molecule has 1 aromatic rings. The van der Waals surface area contributed by atoms with Gasteiger partial charge in [-0.15, -0.1) is 0 Å². The Morgan fingerprint density at radius 1 is 1.26 bits per heavy atom. The molecule has 0 bridgehead atoms. The molecule has 1 rings (SSSR count). The van der Waals surface area contributed by atoms with Gasteiger partial charge in [-0.05, 0) is 29.7 Å². The second-order valence-corrected chi connectivity index (χ2v) is 3.44. The molecule has 0 aliphatic carbocycles. The van der Waals surface area contributed by atoms with Gasteiger partial charge in [0, 0.05) is 11.6 Å². The van der Waals surface area contributed by atoms with Gasteiger partial charge in [0.05, 0.1) is 14.2 Å². The first-order valence-corrected chi connectivity index (χ1v) is 5.47. The molecule has 0 aliphatic heterocycles. The number of carboxylic acids is 1. The van der Waals surface area contributed by atoms with Crippen molar-refractivity contribution in [3.05, 3.63) is 48.1 Å². The Balaban J connectivity index is 3.05. The molecule has 0 radical (unpaired) electrons. The minimum atomic E-state index is -1.01. The molecule has 0 fully saturated rings. The van der Waals surface area contributed by atoms with Crippen LogP contribution < -0.4 is 4.74 Å².